The Morgan fingerprint density at radius 3 is 0.900 bits per heavy atom. The molecule has 1 radical (unpaired) electrons. The molecule has 0 heterocycles. The summed E-state index contributed by atoms with van der Waals surface area (Å²) < 4.78 is 0. The standard InChI is InChI=1S/C5H4O4.Nb/c6-1-5(2-7,3-8)4-9;/h1-4H;. The average molecular weight is 221 g/mol. The molecule has 53 valence electrons. The van der Waals surface area contributed by atoms with Crippen molar-refractivity contribution >= 4 is 25.1 Å². The summed E-state index contributed by atoms with van der Waals surface area (Å²) in [7, 11) is 0. The Bertz CT molecular complexity index is 116. The van der Waals surface area contributed by atoms with E-state index in [1.54, 1.807) is 0 Å². The molecular formula is C5H4NbO4. The molecule has 0 aromatic rings. The first-order chi connectivity index (χ1) is 4.24. The zero-order chi connectivity index (χ0) is 7.33. The fourth-order valence-electron chi connectivity index (χ4n) is 0.167. The maximum Gasteiger partial charge on any atom is 0.191 e. The number of carbonyl (C=O) groups is 4. The predicted octanol–water partition coefficient (Wildman–Crippen LogP) is -1.23. The smallest absolute Gasteiger partial charge is 0.191 e. The van der Waals surface area contributed by atoms with Crippen molar-refractivity contribution in [3.8, 4) is 0 Å². The van der Waals surface area contributed by atoms with Gasteiger partial charge >= 0.3 is 0 Å². The van der Waals surface area contributed by atoms with Crippen molar-refractivity contribution in [2.75, 3.05) is 0 Å². The van der Waals surface area contributed by atoms with Gasteiger partial charge in [-0.3, -0.25) is 0 Å². The molecular weight excluding hydrogens is 217 g/mol. The summed E-state index contributed by atoms with van der Waals surface area (Å²) in [5.41, 5.74) is -2.06. The van der Waals surface area contributed by atoms with E-state index in [2.05, 4.69) is 0 Å². The molecule has 0 aliphatic carbocycles. The Labute approximate surface area is 72.5 Å². The second-order valence-corrected chi connectivity index (χ2v) is 1.47. The molecule has 0 saturated carbocycles. The van der Waals surface area contributed by atoms with Gasteiger partial charge in [0.05, 0.1) is 0 Å². The zero-order valence-corrected chi connectivity index (χ0v) is 7.09. The van der Waals surface area contributed by atoms with Crippen molar-refractivity contribution in [3.63, 3.8) is 0 Å². The third-order valence-corrected chi connectivity index (χ3v) is 0.816. The van der Waals surface area contributed by atoms with Crippen LogP contribution < -0.4 is 0 Å². The monoisotopic (exact) mass is 221 g/mol. The molecule has 4 nitrogen and oxygen atoms in total. The summed E-state index contributed by atoms with van der Waals surface area (Å²) >= 11 is 0. The number of hydrogen-bond donors (Lipinski definition) is 0. The van der Waals surface area contributed by atoms with Gasteiger partial charge in [0, 0.05) is 22.4 Å². The van der Waals surface area contributed by atoms with Gasteiger partial charge in [-0.05, 0) is 0 Å². The van der Waals surface area contributed by atoms with Crippen molar-refractivity contribution in [1.82, 2.24) is 0 Å². The summed E-state index contributed by atoms with van der Waals surface area (Å²) in [6, 6.07) is 0. The Morgan fingerprint density at radius 1 is 0.700 bits per heavy atom. The minimum Gasteiger partial charge on any atom is -0.301 e. The summed E-state index contributed by atoms with van der Waals surface area (Å²) in [5.74, 6) is 0. The second kappa shape index (κ2) is 5.22. The van der Waals surface area contributed by atoms with Gasteiger partial charge in [0.15, 0.2) is 5.41 Å². The van der Waals surface area contributed by atoms with Crippen molar-refractivity contribution in [2.24, 2.45) is 5.41 Å². The number of rotatable bonds is 4. The van der Waals surface area contributed by atoms with Crippen LogP contribution in [-0.2, 0) is 41.6 Å². The van der Waals surface area contributed by atoms with Gasteiger partial charge in [-0.15, -0.1) is 0 Å². The van der Waals surface area contributed by atoms with E-state index in [9.17, 15) is 19.2 Å². The van der Waals surface area contributed by atoms with E-state index in [0.717, 1.165) is 0 Å². The molecule has 0 aliphatic heterocycles. The van der Waals surface area contributed by atoms with Crippen molar-refractivity contribution < 1.29 is 41.6 Å². The predicted molar refractivity (Wildman–Crippen MR) is 26.7 cm³/mol. The molecule has 0 aromatic carbocycles. The first kappa shape index (κ1) is 12.1. The van der Waals surface area contributed by atoms with E-state index in [-0.39, 0.29) is 47.5 Å². The van der Waals surface area contributed by atoms with E-state index in [0.29, 0.717) is 0 Å². The Kier molecular flexibility index (Phi) is 6.34. The first-order valence-corrected chi connectivity index (χ1v) is 2.10. The van der Waals surface area contributed by atoms with Crippen molar-refractivity contribution in [3.05, 3.63) is 0 Å². The van der Waals surface area contributed by atoms with Crippen LogP contribution in [0.5, 0.6) is 0 Å². The average Bonchev–Trinajstić information content (AvgIpc) is 1.95. The van der Waals surface area contributed by atoms with Crippen LogP contribution in [0.2, 0.25) is 0 Å². The van der Waals surface area contributed by atoms with Crippen molar-refractivity contribution in [2.45, 2.75) is 0 Å². The van der Waals surface area contributed by atoms with Crippen LogP contribution >= 0.6 is 0 Å². The van der Waals surface area contributed by atoms with Gasteiger partial charge in [-0.2, -0.15) is 0 Å². The van der Waals surface area contributed by atoms with Crippen LogP contribution in [0, 0.1) is 5.41 Å². The molecule has 0 bridgehead atoms. The van der Waals surface area contributed by atoms with Gasteiger partial charge in [0.25, 0.3) is 0 Å². The van der Waals surface area contributed by atoms with Gasteiger partial charge in [-0.25, -0.2) is 0 Å². The molecule has 0 amide bonds. The molecule has 0 unspecified atom stereocenters. The normalized spacial score (nSPS) is 8.80. The Morgan fingerprint density at radius 2 is 0.900 bits per heavy atom. The molecule has 0 atom stereocenters. The molecule has 5 heteroatoms. The van der Waals surface area contributed by atoms with E-state index >= 15 is 0 Å². The van der Waals surface area contributed by atoms with E-state index in [1.165, 1.54) is 0 Å². The van der Waals surface area contributed by atoms with Crippen LogP contribution in [0.4, 0.5) is 0 Å². The fraction of sp³-hybridized carbons (Fsp3) is 0.200. The number of aldehydes is 4. The SMILES string of the molecule is O=CC(C=O)(C=O)C=O.[Nb]. The summed E-state index contributed by atoms with van der Waals surface area (Å²) in [5, 5.41) is 0. The molecule has 0 saturated heterocycles. The molecule has 0 spiro atoms. The topological polar surface area (TPSA) is 68.3 Å². The number of carbonyl (C=O) groups excluding carboxylic acids is 4. The maximum atomic E-state index is 9.83. The van der Waals surface area contributed by atoms with Gasteiger partial charge in [0.2, 0.25) is 0 Å². The van der Waals surface area contributed by atoms with E-state index in [4.69, 9.17) is 0 Å². The van der Waals surface area contributed by atoms with E-state index in [1.807, 2.05) is 0 Å². The van der Waals surface area contributed by atoms with Crippen LogP contribution in [-0.4, -0.2) is 25.1 Å². The van der Waals surface area contributed by atoms with Crippen LogP contribution in [0.25, 0.3) is 0 Å². The first-order valence-electron chi connectivity index (χ1n) is 2.10. The minimum absolute atomic E-state index is 0. The summed E-state index contributed by atoms with van der Waals surface area (Å²) in [6.45, 7) is 0. The van der Waals surface area contributed by atoms with Gasteiger partial charge in [-0.1, -0.05) is 0 Å². The maximum absolute atomic E-state index is 9.83. The molecule has 0 aliphatic rings. The fourth-order valence-corrected chi connectivity index (χ4v) is 0.167. The quantitative estimate of drug-likeness (QED) is 0.338. The van der Waals surface area contributed by atoms with Crippen LogP contribution in [0.15, 0.2) is 0 Å². The summed E-state index contributed by atoms with van der Waals surface area (Å²) in [4.78, 5) is 39.3. The summed E-state index contributed by atoms with van der Waals surface area (Å²) in [6.07, 6.45) is 0. The Hall–Kier alpha value is -0.580. The third-order valence-electron chi connectivity index (χ3n) is 0.816. The zero-order valence-electron chi connectivity index (χ0n) is 4.89. The molecule has 0 fully saturated rings. The second-order valence-electron chi connectivity index (χ2n) is 1.47. The van der Waals surface area contributed by atoms with E-state index < -0.39 is 5.41 Å². The molecule has 0 rings (SSSR count). The molecule has 0 aromatic heterocycles. The minimum atomic E-state index is -2.06. The van der Waals surface area contributed by atoms with Gasteiger partial charge < -0.3 is 19.2 Å². The van der Waals surface area contributed by atoms with Crippen LogP contribution in [0.1, 0.15) is 0 Å². The molecule has 0 N–H and O–H groups in total. The van der Waals surface area contributed by atoms with Crippen molar-refractivity contribution in [1.29, 1.82) is 0 Å². The third kappa shape index (κ3) is 2.35. The largest absolute Gasteiger partial charge is 0.301 e. The van der Waals surface area contributed by atoms with Crippen LogP contribution in [0.3, 0.4) is 0 Å². The Balaban J connectivity index is 0. The number of hydrogen-bond acceptors (Lipinski definition) is 4. The van der Waals surface area contributed by atoms with Gasteiger partial charge in [0.1, 0.15) is 25.1 Å². The molecule has 10 heavy (non-hydrogen) atoms.